The monoisotopic (exact) mass is 269 g/mol. The highest BCUT2D eigenvalue weighted by Crippen LogP contribution is 2.37. The van der Waals surface area contributed by atoms with E-state index < -0.39 is 27.8 Å². The van der Waals surface area contributed by atoms with E-state index in [4.69, 9.17) is 14.9 Å². The second-order valence-electron chi connectivity index (χ2n) is 2.71. The van der Waals surface area contributed by atoms with Crippen LogP contribution >= 0.6 is 20.2 Å². The van der Waals surface area contributed by atoms with Gasteiger partial charge in [-0.25, -0.2) is 13.6 Å². The van der Waals surface area contributed by atoms with Crippen LogP contribution in [0.1, 0.15) is 0 Å². The first kappa shape index (κ1) is 12.7. The molecule has 9 heteroatoms. The van der Waals surface area contributed by atoms with Gasteiger partial charge in [-0.15, -0.1) is 12.6 Å². The zero-order valence-electron chi connectivity index (χ0n) is 7.23. The van der Waals surface area contributed by atoms with Gasteiger partial charge < -0.3 is 9.79 Å². The van der Waals surface area contributed by atoms with Crippen molar-refractivity contribution in [3.63, 3.8) is 0 Å². The zero-order valence-corrected chi connectivity index (χ0v) is 9.84. The molecule has 0 aromatic heterocycles. The number of rotatable bonds is 2. The minimum Gasteiger partial charge on any atom is -0.321 e. The van der Waals surface area contributed by atoms with E-state index in [9.17, 15) is 13.0 Å². The summed E-state index contributed by atoms with van der Waals surface area (Å²) in [5.41, 5.74) is 0. The number of benzene rings is 1. The van der Waals surface area contributed by atoms with E-state index in [1.165, 1.54) is 6.07 Å². The van der Waals surface area contributed by atoms with Crippen molar-refractivity contribution in [3.8, 4) is 0 Å². The van der Waals surface area contributed by atoms with Crippen LogP contribution < -0.4 is 10.4 Å². The summed E-state index contributed by atoms with van der Waals surface area (Å²) in [5, 5.41) is 4.38. The molecule has 0 bridgehead atoms. The van der Waals surface area contributed by atoms with Crippen LogP contribution in [0.5, 0.6) is 0 Å². The van der Waals surface area contributed by atoms with Crippen molar-refractivity contribution in [2.75, 3.05) is 0 Å². The van der Waals surface area contributed by atoms with Crippen LogP contribution in [0.2, 0.25) is 0 Å². The Labute approximate surface area is 91.7 Å². The molecule has 15 heavy (non-hydrogen) atoms. The van der Waals surface area contributed by atoms with Crippen LogP contribution in [0, 0.1) is 0 Å². The van der Waals surface area contributed by atoms with Crippen molar-refractivity contribution >= 4 is 35.6 Å². The number of primary sulfonamides is 1. The molecule has 0 radical (unpaired) electrons. The second-order valence-corrected chi connectivity index (χ2v) is 6.26. The van der Waals surface area contributed by atoms with E-state index in [1.807, 2.05) is 0 Å². The van der Waals surface area contributed by atoms with Gasteiger partial charge in [-0.2, -0.15) is 0 Å². The van der Waals surface area contributed by atoms with E-state index in [0.717, 1.165) is 12.1 Å². The Kier molecular flexibility index (Phi) is 3.30. The first-order chi connectivity index (χ1) is 6.64. The van der Waals surface area contributed by atoms with E-state index in [-0.39, 0.29) is 4.90 Å². The Morgan fingerprint density at radius 3 is 2.27 bits per heavy atom. The van der Waals surface area contributed by atoms with Crippen molar-refractivity contribution in [3.05, 3.63) is 18.2 Å². The molecule has 0 unspecified atom stereocenters. The predicted molar refractivity (Wildman–Crippen MR) is 56.7 cm³/mol. The summed E-state index contributed by atoms with van der Waals surface area (Å²) in [4.78, 5) is 17.0. The lowest BCUT2D eigenvalue weighted by Gasteiger charge is -2.09. The van der Waals surface area contributed by atoms with Gasteiger partial charge in [-0.1, -0.05) is 6.07 Å². The Balaban J connectivity index is 3.58. The topological polar surface area (TPSA) is 118 Å². The van der Waals surface area contributed by atoms with Crippen LogP contribution in [0.4, 0.5) is 0 Å². The second kappa shape index (κ2) is 3.89. The fraction of sp³-hybridized carbons (Fsp3) is 0. The fourth-order valence-electron chi connectivity index (χ4n) is 0.975. The van der Waals surface area contributed by atoms with E-state index >= 15 is 0 Å². The van der Waals surface area contributed by atoms with Gasteiger partial charge in [0.25, 0.3) is 0 Å². The zero-order chi connectivity index (χ0) is 11.9. The molecule has 0 aliphatic heterocycles. The summed E-state index contributed by atoms with van der Waals surface area (Å²) >= 11 is 3.75. The Hall–Kier alpha value is -0.370. The first-order valence-corrected chi connectivity index (χ1v) is 7.15. The number of thiol groups is 1. The molecule has 0 saturated carbocycles. The van der Waals surface area contributed by atoms with Crippen LogP contribution in [-0.2, 0) is 14.6 Å². The normalized spacial score (nSPS) is 12.8. The van der Waals surface area contributed by atoms with Crippen LogP contribution in [-0.4, -0.2) is 18.2 Å². The quantitative estimate of drug-likeness (QED) is 0.423. The average molecular weight is 269 g/mol. The SMILES string of the molecule is NS(=O)(=O)c1cccc(P(=O)(O)O)c1S. The van der Waals surface area contributed by atoms with Gasteiger partial charge in [-0.3, -0.25) is 4.57 Å². The molecule has 0 aliphatic rings. The van der Waals surface area contributed by atoms with E-state index in [1.54, 1.807) is 0 Å². The molecule has 1 rings (SSSR count). The van der Waals surface area contributed by atoms with Gasteiger partial charge in [0.05, 0.1) is 10.2 Å². The molecule has 84 valence electrons. The van der Waals surface area contributed by atoms with Gasteiger partial charge in [0, 0.05) is 4.90 Å². The highest BCUT2D eigenvalue weighted by Gasteiger charge is 2.24. The molecule has 0 aliphatic carbocycles. The lowest BCUT2D eigenvalue weighted by Crippen LogP contribution is -2.17. The van der Waals surface area contributed by atoms with E-state index in [2.05, 4.69) is 12.6 Å². The van der Waals surface area contributed by atoms with Crippen LogP contribution in [0.3, 0.4) is 0 Å². The average Bonchev–Trinajstić information content (AvgIpc) is 1.99. The van der Waals surface area contributed by atoms with Crippen molar-refractivity contribution in [2.45, 2.75) is 9.79 Å². The fourth-order valence-corrected chi connectivity index (χ4v) is 3.30. The maximum absolute atomic E-state index is 11.0. The van der Waals surface area contributed by atoms with Crippen molar-refractivity contribution in [1.82, 2.24) is 0 Å². The molecular formula is C6H8NO5PS2. The third kappa shape index (κ3) is 2.81. The van der Waals surface area contributed by atoms with Gasteiger partial charge in [0.2, 0.25) is 10.0 Å². The Morgan fingerprint density at radius 1 is 1.33 bits per heavy atom. The molecule has 0 atom stereocenters. The summed E-state index contributed by atoms with van der Waals surface area (Å²) in [5.74, 6) is 0. The third-order valence-electron chi connectivity index (χ3n) is 1.60. The van der Waals surface area contributed by atoms with Gasteiger partial charge in [-0.05, 0) is 12.1 Å². The molecule has 0 spiro atoms. The number of hydrogen-bond donors (Lipinski definition) is 4. The maximum Gasteiger partial charge on any atom is 0.357 e. The standard InChI is InChI=1S/C6H8NO5PS2/c7-15(11,12)5-3-1-2-4(6(5)14)13(8,9)10/h1-3,14H,(H2,7,11,12)(H2,8,9,10). The molecule has 4 N–H and O–H groups in total. The van der Waals surface area contributed by atoms with Gasteiger partial charge in [0.15, 0.2) is 0 Å². The maximum atomic E-state index is 11.0. The number of nitrogens with two attached hydrogens (primary N) is 1. The molecule has 0 amide bonds. The summed E-state index contributed by atoms with van der Waals surface area (Å²) < 4.78 is 33.0. The molecule has 0 heterocycles. The smallest absolute Gasteiger partial charge is 0.321 e. The molecule has 1 aromatic carbocycles. The van der Waals surface area contributed by atoms with E-state index in [0.29, 0.717) is 0 Å². The first-order valence-electron chi connectivity index (χ1n) is 3.55. The summed E-state index contributed by atoms with van der Waals surface area (Å²) in [6, 6.07) is 3.41. The number of sulfonamides is 1. The minimum atomic E-state index is -4.55. The third-order valence-corrected chi connectivity index (χ3v) is 4.36. The van der Waals surface area contributed by atoms with Gasteiger partial charge in [0.1, 0.15) is 0 Å². The molecule has 0 saturated heterocycles. The molecule has 0 fully saturated rings. The Morgan fingerprint density at radius 2 is 1.87 bits per heavy atom. The summed E-state index contributed by atoms with van der Waals surface area (Å²) in [6.45, 7) is 0. The minimum absolute atomic E-state index is 0.326. The highest BCUT2D eigenvalue weighted by molar-refractivity contribution is 7.90. The molecular weight excluding hydrogens is 261 g/mol. The number of hydrogen-bond acceptors (Lipinski definition) is 4. The predicted octanol–water partition coefficient (Wildman–Crippen LogP) is -0.574. The van der Waals surface area contributed by atoms with Gasteiger partial charge >= 0.3 is 7.60 Å². The van der Waals surface area contributed by atoms with Crippen molar-refractivity contribution < 1.29 is 22.8 Å². The molecule has 6 nitrogen and oxygen atoms in total. The van der Waals surface area contributed by atoms with Crippen LogP contribution in [0.15, 0.2) is 28.0 Å². The summed E-state index contributed by atoms with van der Waals surface area (Å²) in [7, 11) is -8.58. The molecule has 1 aromatic rings. The van der Waals surface area contributed by atoms with Crippen molar-refractivity contribution in [1.29, 1.82) is 0 Å². The lowest BCUT2D eigenvalue weighted by atomic mass is 10.4. The Bertz CT molecular complexity index is 534. The largest absolute Gasteiger partial charge is 0.357 e. The van der Waals surface area contributed by atoms with Crippen molar-refractivity contribution in [2.24, 2.45) is 5.14 Å². The summed E-state index contributed by atoms with van der Waals surface area (Å²) in [6.07, 6.45) is 0. The van der Waals surface area contributed by atoms with Crippen LogP contribution in [0.25, 0.3) is 0 Å². The lowest BCUT2D eigenvalue weighted by molar-refractivity contribution is 0.386. The highest BCUT2D eigenvalue weighted by atomic mass is 32.2.